The Balaban J connectivity index is 2.39. The minimum absolute atomic E-state index is 0.763. The van der Waals surface area contributed by atoms with Gasteiger partial charge in [-0.2, -0.15) is 0 Å². The van der Waals surface area contributed by atoms with Crippen LogP contribution in [0, 0.1) is 3.57 Å². The molecule has 0 saturated heterocycles. The Labute approximate surface area is 162 Å². The summed E-state index contributed by atoms with van der Waals surface area (Å²) >= 11 is 2.36. The third kappa shape index (κ3) is 5.22. The Kier molecular flexibility index (Phi) is 6.47. The molecule has 1 N–H and O–H groups in total. The Morgan fingerprint density at radius 1 is 1.00 bits per heavy atom. The van der Waals surface area contributed by atoms with Gasteiger partial charge in [-0.1, -0.05) is 12.1 Å². The van der Waals surface area contributed by atoms with E-state index in [9.17, 15) is 4.79 Å². The lowest BCUT2D eigenvalue weighted by atomic mass is 9.98. The van der Waals surface area contributed by atoms with Gasteiger partial charge in [-0.15, -0.1) is 0 Å². The Morgan fingerprint density at radius 2 is 1.56 bits per heavy atom. The number of aliphatic carboxylic acids is 1. The van der Waals surface area contributed by atoms with Gasteiger partial charge in [-0.05, 0) is 76.0 Å². The molecule has 2 rings (SSSR count). The number of benzene rings is 2. The lowest BCUT2D eigenvalue weighted by molar-refractivity contribution is -0.131. The number of hydrogen-bond donors (Lipinski definition) is 1. The molecule has 0 fully saturated rings. The summed E-state index contributed by atoms with van der Waals surface area (Å²) in [6, 6.07) is 12.6. The second-order valence-electron chi connectivity index (χ2n) is 6.30. The van der Waals surface area contributed by atoms with Crippen molar-refractivity contribution in [3.63, 3.8) is 0 Å². The lowest BCUT2D eigenvalue weighted by Crippen LogP contribution is -2.10. The van der Waals surface area contributed by atoms with Gasteiger partial charge in [0.15, 0.2) is 0 Å². The van der Waals surface area contributed by atoms with E-state index in [0.717, 1.165) is 23.2 Å². The topological polar surface area (TPSA) is 43.8 Å². The first-order valence-electron chi connectivity index (χ1n) is 7.95. The van der Waals surface area contributed by atoms with E-state index < -0.39 is 5.97 Å². The summed E-state index contributed by atoms with van der Waals surface area (Å²) in [5.41, 5.74) is 5.49. The lowest BCUT2D eigenvalue weighted by Gasteiger charge is -2.17. The van der Waals surface area contributed by atoms with Crippen molar-refractivity contribution in [2.75, 3.05) is 38.0 Å². The summed E-state index contributed by atoms with van der Waals surface area (Å²) in [6.07, 6.45) is 3.63. The van der Waals surface area contributed by atoms with Gasteiger partial charge in [0.1, 0.15) is 0 Å². The molecule has 5 heteroatoms. The third-order valence-electron chi connectivity index (χ3n) is 3.99. The van der Waals surface area contributed by atoms with Crippen molar-refractivity contribution in [3.8, 4) is 0 Å². The van der Waals surface area contributed by atoms with Crippen molar-refractivity contribution in [1.29, 1.82) is 0 Å². The fourth-order valence-electron chi connectivity index (χ4n) is 2.50. The van der Waals surface area contributed by atoms with Crippen LogP contribution in [0.4, 0.5) is 11.4 Å². The number of carboxylic acid groups (broad SMARTS) is 1. The minimum atomic E-state index is -0.939. The quantitative estimate of drug-likeness (QED) is 0.532. The second kappa shape index (κ2) is 8.38. The molecule has 0 amide bonds. The highest BCUT2D eigenvalue weighted by Crippen LogP contribution is 2.26. The molecule has 0 aliphatic heterocycles. The molecule has 0 bridgehead atoms. The Morgan fingerprint density at radius 3 is 2.08 bits per heavy atom. The predicted octanol–water partition coefficient (Wildman–Crippen LogP) is 4.11. The predicted molar refractivity (Wildman–Crippen MR) is 114 cm³/mol. The Bertz CT molecular complexity index is 798. The van der Waals surface area contributed by atoms with Gasteiger partial charge < -0.3 is 14.9 Å². The SMILES string of the molecule is CN(C)c1ccc(Cc2ccc(N(C)C)cc2/C=C/C(=O)O)c(I)c1. The van der Waals surface area contributed by atoms with Crippen LogP contribution in [-0.4, -0.2) is 39.3 Å². The van der Waals surface area contributed by atoms with E-state index in [0.29, 0.717) is 0 Å². The normalized spacial score (nSPS) is 10.9. The molecule has 25 heavy (non-hydrogen) atoms. The largest absolute Gasteiger partial charge is 0.478 e. The molecule has 0 aliphatic rings. The Hall–Kier alpha value is -2.02. The van der Waals surface area contributed by atoms with E-state index in [1.54, 1.807) is 6.08 Å². The standard InChI is InChI=1S/C20H23IN2O2/c1-22(2)17-8-5-14(15(12-17)7-10-20(24)25)11-16-6-9-18(23(3)4)13-19(16)21/h5-10,12-13H,11H2,1-4H3,(H,24,25)/b10-7+. The molecule has 0 aliphatic carbocycles. The number of anilines is 2. The van der Waals surface area contributed by atoms with Crippen LogP contribution in [0.5, 0.6) is 0 Å². The molecule has 0 saturated carbocycles. The van der Waals surface area contributed by atoms with Crippen molar-refractivity contribution >= 4 is 46.0 Å². The summed E-state index contributed by atoms with van der Waals surface area (Å²) in [7, 11) is 8.00. The molecule has 0 atom stereocenters. The first-order chi connectivity index (χ1) is 11.8. The van der Waals surface area contributed by atoms with Crippen LogP contribution >= 0.6 is 22.6 Å². The van der Waals surface area contributed by atoms with Gasteiger partial charge in [-0.25, -0.2) is 4.79 Å². The summed E-state index contributed by atoms with van der Waals surface area (Å²) in [4.78, 5) is 15.0. The number of carbonyl (C=O) groups is 1. The zero-order chi connectivity index (χ0) is 18.6. The van der Waals surface area contributed by atoms with Crippen molar-refractivity contribution < 1.29 is 9.90 Å². The molecule has 0 radical (unpaired) electrons. The van der Waals surface area contributed by atoms with Crippen LogP contribution in [0.2, 0.25) is 0 Å². The van der Waals surface area contributed by atoms with Crippen molar-refractivity contribution in [2.45, 2.75) is 6.42 Å². The maximum Gasteiger partial charge on any atom is 0.328 e. The maximum absolute atomic E-state index is 10.9. The molecule has 4 nitrogen and oxygen atoms in total. The number of rotatable bonds is 6. The zero-order valence-corrected chi connectivity index (χ0v) is 17.1. The van der Waals surface area contributed by atoms with E-state index in [2.05, 4.69) is 57.8 Å². The molecule has 0 unspecified atom stereocenters. The molecule has 2 aromatic rings. The maximum atomic E-state index is 10.9. The van der Waals surface area contributed by atoms with Crippen LogP contribution in [0.15, 0.2) is 42.5 Å². The van der Waals surface area contributed by atoms with E-state index in [4.69, 9.17) is 5.11 Å². The molecule has 0 aromatic heterocycles. The van der Waals surface area contributed by atoms with Gasteiger partial charge in [0.25, 0.3) is 0 Å². The van der Waals surface area contributed by atoms with Gasteiger partial charge in [0.2, 0.25) is 0 Å². The van der Waals surface area contributed by atoms with Crippen LogP contribution < -0.4 is 9.80 Å². The fraction of sp³-hybridized carbons (Fsp3) is 0.250. The van der Waals surface area contributed by atoms with E-state index >= 15 is 0 Å². The summed E-state index contributed by atoms with van der Waals surface area (Å²) in [5, 5.41) is 8.96. The van der Waals surface area contributed by atoms with Gasteiger partial charge in [0.05, 0.1) is 0 Å². The number of carboxylic acids is 1. The summed E-state index contributed by atoms with van der Waals surface area (Å²) < 4.78 is 1.20. The van der Waals surface area contributed by atoms with Crippen molar-refractivity contribution in [1.82, 2.24) is 0 Å². The number of halogens is 1. The number of nitrogens with zero attached hydrogens (tertiary/aromatic N) is 2. The van der Waals surface area contributed by atoms with Gasteiger partial charge >= 0.3 is 5.97 Å². The van der Waals surface area contributed by atoms with E-state index in [-0.39, 0.29) is 0 Å². The average molecular weight is 450 g/mol. The first kappa shape index (κ1) is 19.3. The molecule has 2 aromatic carbocycles. The summed E-state index contributed by atoms with van der Waals surface area (Å²) in [5.74, 6) is -0.939. The van der Waals surface area contributed by atoms with Crippen LogP contribution in [-0.2, 0) is 11.2 Å². The first-order valence-corrected chi connectivity index (χ1v) is 9.03. The highest BCUT2D eigenvalue weighted by molar-refractivity contribution is 14.1. The monoisotopic (exact) mass is 450 g/mol. The average Bonchev–Trinajstić information content (AvgIpc) is 2.55. The molecular formula is C20H23IN2O2. The van der Waals surface area contributed by atoms with Crippen LogP contribution in [0.3, 0.4) is 0 Å². The highest BCUT2D eigenvalue weighted by Gasteiger charge is 2.08. The fourth-order valence-corrected chi connectivity index (χ4v) is 3.19. The summed E-state index contributed by atoms with van der Waals surface area (Å²) in [6.45, 7) is 0. The van der Waals surface area contributed by atoms with Crippen molar-refractivity contribution in [3.05, 3.63) is 62.7 Å². The molecule has 0 heterocycles. The molecule has 0 spiro atoms. The van der Waals surface area contributed by atoms with Crippen LogP contribution in [0.1, 0.15) is 16.7 Å². The highest BCUT2D eigenvalue weighted by atomic mass is 127. The smallest absolute Gasteiger partial charge is 0.328 e. The number of hydrogen-bond acceptors (Lipinski definition) is 3. The molecular weight excluding hydrogens is 427 g/mol. The van der Waals surface area contributed by atoms with E-state index in [1.807, 2.05) is 39.2 Å². The van der Waals surface area contributed by atoms with Crippen molar-refractivity contribution in [2.24, 2.45) is 0 Å². The van der Waals surface area contributed by atoms with Gasteiger partial charge in [0, 0.05) is 49.2 Å². The zero-order valence-electron chi connectivity index (χ0n) is 15.0. The second-order valence-corrected chi connectivity index (χ2v) is 7.46. The third-order valence-corrected chi connectivity index (χ3v) is 4.99. The molecule has 132 valence electrons. The van der Waals surface area contributed by atoms with E-state index in [1.165, 1.54) is 20.9 Å². The minimum Gasteiger partial charge on any atom is -0.478 e. The van der Waals surface area contributed by atoms with Gasteiger partial charge in [-0.3, -0.25) is 0 Å². The van der Waals surface area contributed by atoms with Crippen LogP contribution in [0.25, 0.3) is 6.08 Å².